The zero-order valence-electron chi connectivity index (χ0n) is 18.5. The number of nitrogens with one attached hydrogen (secondary N) is 1. The van der Waals surface area contributed by atoms with E-state index < -0.39 is 0 Å². The number of hydrogen-bond donors (Lipinski definition) is 2. The number of hydrazone groups is 1. The van der Waals surface area contributed by atoms with Gasteiger partial charge in [-0.15, -0.1) is 0 Å². The van der Waals surface area contributed by atoms with E-state index in [2.05, 4.69) is 72.5 Å². The molecule has 10 heteroatoms. The summed E-state index contributed by atoms with van der Waals surface area (Å²) >= 11 is 4.83. The summed E-state index contributed by atoms with van der Waals surface area (Å²) < 4.78 is 0. The van der Waals surface area contributed by atoms with Crippen molar-refractivity contribution in [3.63, 3.8) is 0 Å². The maximum atomic E-state index is 5.48. The van der Waals surface area contributed by atoms with E-state index in [1.54, 1.807) is 6.21 Å². The lowest BCUT2D eigenvalue weighted by Crippen LogP contribution is -2.47. The second-order valence-corrected chi connectivity index (χ2v) is 8.66. The fourth-order valence-corrected chi connectivity index (χ4v) is 4.05. The van der Waals surface area contributed by atoms with Crippen LogP contribution < -0.4 is 21.0 Å². The number of thiocarbonyl (C=S) groups is 1. The summed E-state index contributed by atoms with van der Waals surface area (Å²) in [7, 11) is 2.14. The molecule has 0 amide bonds. The van der Waals surface area contributed by atoms with E-state index in [0.717, 1.165) is 76.2 Å². The first-order valence-electron chi connectivity index (χ1n) is 11.0. The molecule has 0 atom stereocenters. The van der Waals surface area contributed by atoms with Gasteiger partial charge in [0.2, 0.25) is 5.95 Å². The van der Waals surface area contributed by atoms with Gasteiger partial charge in [0.05, 0.1) is 11.8 Å². The second kappa shape index (κ2) is 10.7. The highest BCUT2D eigenvalue weighted by atomic mass is 32.1. The van der Waals surface area contributed by atoms with Gasteiger partial charge in [-0.2, -0.15) is 10.1 Å². The lowest BCUT2D eigenvalue weighted by molar-refractivity contribution is 0.248. The van der Waals surface area contributed by atoms with Crippen molar-refractivity contribution in [1.82, 2.24) is 25.2 Å². The molecular formula is C22H31N9S. The Bertz CT molecular complexity index is 920. The minimum Gasteiger partial charge on any atom is -0.375 e. The average molecular weight is 454 g/mol. The fourth-order valence-electron chi connectivity index (χ4n) is 4.00. The van der Waals surface area contributed by atoms with Gasteiger partial charge in [0, 0.05) is 65.1 Å². The van der Waals surface area contributed by atoms with Gasteiger partial charge in [-0.1, -0.05) is 30.3 Å². The molecule has 0 radical (unpaired) electrons. The molecule has 32 heavy (non-hydrogen) atoms. The number of aromatic nitrogens is 2. The highest BCUT2D eigenvalue weighted by Crippen LogP contribution is 2.22. The van der Waals surface area contributed by atoms with Crippen LogP contribution in [0.1, 0.15) is 11.1 Å². The molecule has 9 nitrogen and oxygen atoms in total. The number of benzene rings is 1. The number of piperazine rings is 2. The Labute approximate surface area is 194 Å². The van der Waals surface area contributed by atoms with Crippen LogP contribution in [0.25, 0.3) is 0 Å². The van der Waals surface area contributed by atoms with E-state index >= 15 is 0 Å². The first kappa shape index (κ1) is 22.4. The fraction of sp³-hybridized carbons (Fsp3) is 0.455. The third kappa shape index (κ3) is 5.90. The first-order valence-corrected chi connectivity index (χ1v) is 11.4. The monoisotopic (exact) mass is 453 g/mol. The summed E-state index contributed by atoms with van der Waals surface area (Å²) in [6.45, 7) is 8.61. The van der Waals surface area contributed by atoms with E-state index in [1.165, 1.54) is 5.56 Å². The summed E-state index contributed by atoms with van der Waals surface area (Å²) in [6.07, 6.45) is 3.53. The van der Waals surface area contributed by atoms with Crippen LogP contribution in [0.4, 0.5) is 11.8 Å². The van der Waals surface area contributed by atoms with Crippen LogP contribution in [0.15, 0.2) is 41.6 Å². The van der Waals surface area contributed by atoms with Crippen molar-refractivity contribution >= 4 is 35.3 Å². The Balaban J connectivity index is 1.46. The van der Waals surface area contributed by atoms with Crippen LogP contribution >= 0.6 is 12.2 Å². The van der Waals surface area contributed by atoms with Crippen LogP contribution in [-0.2, 0) is 6.54 Å². The molecule has 0 aliphatic carbocycles. The number of nitrogens with two attached hydrogens (primary N) is 1. The van der Waals surface area contributed by atoms with Crippen molar-refractivity contribution in [3.05, 3.63) is 47.7 Å². The normalized spacial score (nSPS) is 18.3. The number of rotatable bonds is 6. The average Bonchev–Trinajstić information content (AvgIpc) is 2.81. The molecule has 1 aromatic heterocycles. The molecule has 2 fully saturated rings. The molecule has 2 aliphatic heterocycles. The molecule has 0 unspecified atom stereocenters. The molecule has 2 aliphatic rings. The van der Waals surface area contributed by atoms with Gasteiger partial charge in [0.25, 0.3) is 0 Å². The molecular weight excluding hydrogens is 422 g/mol. The minimum atomic E-state index is 0.133. The molecule has 2 aromatic rings. The predicted octanol–water partition coefficient (Wildman–Crippen LogP) is 0.718. The summed E-state index contributed by atoms with van der Waals surface area (Å²) in [6, 6.07) is 10.6. The standard InChI is InChI=1S/C22H31N9S/c1-28-7-11-30(12-8-28)20-19(16-25-27-21(23)32)15-24-22(26-20)31-13-9-29(10-14-31)17-18-5-3-2-4-6-18/h2-6,15-16H,7-14,17H2,1H3,(H3,23,27,32)/b25-16+. The largest absolute Gasteiger partial charge is 0.375 e. The summed E-state index contributed by atoms with van der Waals surface area (Å²) in [4.78, 5) is 19.0. The molecule has 0 saturated carbocycles. The van der Waals surface area contributed by atoms with Crippen molar-refractivity contribution in [2.45, 2.75) is 6.54 Å². The van der Waals surface area contributed by atoms with Crippen molar-refractivity contribution in [3.8, 4) is 0 Å². The lowest BCUT2D eigenvalue weighted by atomic mass is 10.2. The van der Waals surface area contributed by atoms with Crippen molar-refractivity contribution in [2.24, 2.45) is 10.8 Å². The van der Waals surface area contributed by atoms with Crippen LogP contribution in [-0.4, -0.2) is 90.5 Å². The van der Waals surface area contributed by atoms with E-state index in [1.807, 2.05) is 6.20 Å². The maximum absolute atomic E-state index is 5.48. The molecule has 4 rings (SSSR count). The Hall–Kier alpha value is -2.82. The number of likely N-dealkylation sites (N-methyl/N-ethyl adjacent to an activating group) is 1. The van der Waals surface area contributed by atoms with Gasteiger partial charge >= 0.3 is 0 Å². The second-order valence-electron chi connectivity index (χ2n) is 8.22. The van der Waals surface area contributed by atoms with Crippen molar-refractivity contribution in [2.75, 3.05) is 69.2 Å². The molecule has 2 saturated heterocycles. The predicted molar refractivity (Wildman–Crippen MR) is 133 cm³/mol. The van der Waals surface area contributed by atoms with E-state index in [4.69, 9.17) is 22.9 Å². The van der Waals surface area contributed by atoms with Crippen molar-refractivity contribution in [1.29, 1.82) is 0 Å². The molecule has 0 bridgehead atoms. The Morgan fingerprint density at radius 1 is 1.06 bits per heavy atom. The van der Waals surface area contributed by atoms with Crippen LogP contribution in [0, 0.1) is 0 Å². The molecule has 0 spiro atoms. The van der Waals surface area contributed by atoms with Gasteiger partial charge in [-0.05, 0) is 24.8 Å². The van der Waals surface area contributed by atoms with Gasteiger partial charge in [-0.3, -0.25) is 10.3 Å². The first-order chi connectivity index (χ1) is 15.6. The maximum Gasteiger partial charge on any atom is 0.227 e. The third-order valence-electron chi connectivity index (χ3n) is 5.87. The zero-order chi connectivity index (χ0) is 22.3. The molecule has 1 aromatic carbocycles. The number of anilines is 2. The van der Waals surface area contributed by atoms with Crippen LogP contribution in [0.2, 0.25) is 0 Å². The Morgan fingerprint density at radius 3 is 2.44 bits per heavy atom. The third-order valence-corrected chi connectivity index (χ3v) is 5.96. The van der Waals surface area contributed by atoms with E-state index in [0.29, 0.717) is 0 Å². The highest BCUT2D eigenvalue weighted by Gasteiger charge is 2.23. The van der Waals surface area contributed by atoms with Crippen LogP contribution in [0.3, 0.4) is 0 Å². The molecule has 170 valence electrons. The topological polar surface area (TPSA) is 89.2 Å². The number of hydrogen-bond acceptors (Lipinski definition) is 8. The zero-order valence-corrected chi connectivity index (χ0v) is 19.3. The Kier molecular flexibility index (Phi) is 7.46. The van der Waals surface area contributed by atoms with Crippen molar-refractivity contribution < 1.29 is 0 Å². The van der Waals surface area contributed by atoms with E-state index in [-0.39, 0.29) is 5.11 Å². The van der Waals surface area contributed by atoms with E-state index in [9.17, 15) is 0 Å². The Morgan fingerprint density at radius 2 is 1.75 bits per heavy atom. The lowest BCUT2D eigenvalue weighted by Gasteiger charge is -2.36. The smallest absolute Gasteiger partial charge is 0.227 e. The van der Waals surface area contributed by atoms with Gasteiger partial charge in [-0.25, -0.2) is 4.98 Å². The highest BCUT2D eigenvalue weighted by molar-refractivity contribution is 7.80. The van der Waals surface area contributed by atoms with Gasteiger partial charge < -0.3 is 20.4 Å². The summed E-state index contributed by atoms with van der Waals surface area (Å²) in [5, 5.41) is 4.26. The number of nitrogens with zero attached hydrogens (tertiary/aromatic N) is 7. The summed E-state index contributed by atoms with van der Waals surface area (Å²) in [5.41, 5.74) is 10.3. The van der Waals surface area contributed by atoms with Gasteiger partial charge in [0.15, 0.2) is 5.11 Å². The van der Waals surface area contributed by atoms with Crippen LogP contribution in [0.5, 0.6) is 0 Å². The SMILES string of the molecule is CN1CCN(c2nc(N3CCN(Cc4ccccc4)CC3)ncc2/C=N/NC(N)=S)CC1. The quantitative estimate of drug-likeness (QED) is 0.373. The molecule has 3 N–H and O–H groups in total. The van der Waals surface area contributed by atoms with Gasteiger partial charge in [0.1, 0.15) is 5.82 Å². The summed E-state index contributed by atoms with van der Waals surface area (Å²) in [5.74, 6) is 1.68. The minimum absolute atomic E-state index is 0.133. The molecule has 3 heterocycles.